The van der Waals surface area contributed by atoms with Crippen LogP contribution in [0.25, 0.3) is 0 Å². The first-order valence-electron chi connectivity index (χ1n) is 16.7. The van der Waals surface area contributed by atoms with Gasteiger partial charge in [0.15, 0.2) is 30.3 Å². The van der Waals surface area contributed by atoms with Gasteiger partial charge in [0.1, 0.15) is 48.8 Å². The maximum atomic E-state index is 13.4. The third kappa shape index (κ3) is 9.43. The molecular weight excluding hydrogens is 626 g/mol. The molecule has 14 N–H and O–H groups in total. The van der Waals surface area contributed by atoms with Crippen LogP contribution >= 0.6 is 0 Å². The second-order valence-electron chi connectivity index (χ2n) is 12.9. The van der Waals surface area contributed by atoms with Gasteiger partial charge in [0.25, 0.3) is 0 Å². The van der Waals surface area contributed by atoms with Crippen molar-refractivity contribution in [2.24, 2.45) is 17.2 Å². The van der Waals surface area contributed by atoms with Crippen molar-refractivity contribution in [3.63, 3.8) is 0 Å². The Hall–Kier alpha value is -0.970. The molecule has 0 saturated carbocycles. The number of aliphatic hydroxyl groups excluding tert-OH is 8. The molecule has 3 aliphatic rings. The van der Waals surface area contributed by atoms with Crippen molar-refractivity contribution in [1.82, 2.24) is 0 Å². The van der Waals surface area contributed by atoms with Gasteiger partial charge in [-0.3, -0.25) is 4.79 Å². The van der Waals surface area contributed by atoms with Gasteiger partial charge in [0.2, 0.25) is 0 Å². The highest BCUT2D eigenvalue weighted by molar-refractivity contribution is 5.88. The number of carbonyl (C=O) groups is 1. The SMILES string of the molecule is CCCCCCCCCCCC(=O)[C@]1(CO)O[C@H](OC2[C@@H](CO)O[C@@H](OC3[C@@H](CO)O[C@@H](O)[C@H](N)[C@H]3O)[C@H](N)[C@H]2O)[C@H](N)[C@@H](O)[C@@H]1O. The molecule has 0 amide bonds. The van der Waals surface area contributed by atoms with Gasteiger partial charge in [-0.15, -0.1) is 0 Å². The lowest BCUT2D eigenvalue weighted by atomic mass is 9.81. The van der Waals surface area contributed by atoms with Crippen LogP contribution in [0.1, 0.15) is 71.1 Å². The summed E-state index contributed by atoms with van der Waals surface area (Å²) in [6, 6.07) is -4.18. The number of aliphatic hydroxyl groups is 8. The number of unbranched alkanes of at least 4 members (excludes halogenated alkanes) is 8. The first-order valence-corrected chi connectivity index (χ1v) is 16.7. The van der Waals surface area contributed by atoms with E-state index in [1.165, 1.54) is 25.7 Å². The number of ketones is 1. The lowest BCUT2D eigenvalue weighted by molar-refractivity contribution is -0.355. The summed E-state index contributed by atoms with van der Waals surface area (Å²) in [7, 11) is 0. The van der Waals surface area contributed by atoms with Crippen molar-refractivity contribution in [2.45, 2.75) is 163 Å². The molecule has 3 fully saturated rings. The molecule has 0 aromatic heterocycles. The van der Waals surface area contributed by atoms with Gasteiger partial charge in [-0.25, -0.2) is 0 Å². The summed E-state index contributed by atoms with van der Waals surface area (Å²) >= 11 is 0. The minimum Gasteiger partial charge on any atom is -0.394 e. The quantitative estimate of drug-likeness (QED) is 0.0617. The van der Waals surface area contributed by atoms with Crippen molar-refractivity contribution >= 4 is 5.78 Å². The van der Waals surface area contributed by atoms with E-state index in [0.29, 0.717) is 6.42 Å². The molecule has 0 aromatic rings. The molecule has 0 aromatic carbocycles. The van der Waals surface area contributed by atoms with Crippen LogP contribution in [-0.4, -0.2) is 158 Å². The minimum atomic E-state index is -2.27. The predicted molar refractivity (Wildman–Crippen MR) is 163 cm³/mol. The molecule has 0 spiro atoms. The van der Waals surface area contributed by atoms with Gasteiger partial charge in [-0.1, -0.05) is 58.3 Å². The van der Waals surface area contributed by atoms with E-state index in [9.17, 15) is 45.6 Å². The Morgan fingerprint density at radius 2 is 1.17 bits per heavy atom. The van der Waals surface area contributed by atoms with E-state index in [4.69, 9.17) is 40.9 Å². The molecule has 3 heterocycles. The van der Waals surface area contributed by atoms with E-state index in [0.717, 1.165) is 25.7 Å². The molecule has 0 bridgehead atoms. The monoisotopic (exact) mass is 683 g/mol. The van der Waals surface area contributed by atoms with E-state index >= 15 is 0 Å². The average molecular weight is 684 g/mol. The summed E-state index contributed by atoms with van der Waals surface area (Å²) in [5.41, 5.74) is 15.8. The van der Waals surface area contributed by atoms with E-state index < -0.39 is 117 Å². The Labute approximate surface area is 274 Å². The lowest BCUT2D eigenvalue weighted by Gasteiger charge is -2.50. The normalized spacial score (nSPS) is 42.8. The molecule has 3 rings (SSSR count). The Kier molecular flexibility index (Phi) is 16.2. The first-order chi connectivity index (χ1) is 22.4. The van der Waals surface area contributed by atoms with Crippen LogP contribution in [0.5, 0.6) is 0 Å². The molecule has 3 saturated heterocycles. The summed E-state index contributed by atoms with van der Waals surface area (Å²) in [5, 5.41) is 83.3. The smallest absolute Gasteiger partial charge is 0.180 e. The number of rotatable bonds is 18. The maximum Gasteiger partial charge on any atom is 0.180 e. The van der Waals surface area contributed by atoms with Crippen LogP contribution in [-0.2, 0) is 28.5 Å². The number of hydrogen-bond donors (Lipinski definition) is 11. The maximum absolute atomic E-state index is 13.4. The van der Waals surface area contributed by atoms with Crippen molar-refractivity contribution in [2.75, 3.05) is 19.8 Å². The van der Waals surface area contributed by atoms with Crippen molar-refractivity contribution in [1.29, 1.82) is 0 Å². The summed E-state index contributed by atoms with van der Waals surface area (Å²) in [6.45, 7) is -0.284. The van der Waals surface area contributed by atoms with Crippen LogP contribution in [0, 0.1) is 0 Å². The third-order valence-corrected chi connectivity index (χ3v) is 9.45. The van der Waals surface area contributed by atoms with E-state index in [1.54, 1.807) is 0 Å². The fraction of sp³-hybridized carbons (Fsp3) is 0.967. The summed E-state index contributed by atoms with van der Waals surface area (Å²) in [5.74, 6) is -0.658. The molecule has 276 valence electrons. The Bertz CT molecular complexity index is 936. The van der Waals surface area contributed by atoms with Gasteiger partial charge in [0, 0.05) is 6.42 Å². The van der Waals surface area contributed by atoms with Crippen LogP contribution in [0.2, 0.25) is 0 Å². The standard InChI is InChI=1S/C30H57N3O14/c1-2-3-4-5-6-7-8-9-10-11-17(37)30(14-36)26(41)23(40)20(33)29(47-30)46-25-16(13-35)44-28(19(32)22(25)39)45-24-15(12-34)43-27(42)18(31)21(24)38/h15-16,18-29,34-36,38-42H,2-14,31-33H2,1H3/t15-,16-,18-,19-,20-,21-,22-,23-,24?,25?,26+,27-,28+,29+,30+/m1/s1. The molecule has 17 heteroatoms. The number of hydrogen-bond acceptors (Lipinski definition) is 17. The first kappa shape index (κ1) is 40.5. The summed E-state index contributed by atoms with van der Waals surface area (Å²) in [6.07, 6.45) is -8.11. The van der Waals surface area contributed by atoms with E-state index in [1.807, 2.05) is 0 Å². The fourth-order valence-electron chi connectivity index (χ4n) is 6.34. The van der Waals surface area contributed by atoms with Crippen molar-refractivity contribution in [3.8, 4) is 0 Å². The number of carbonyl (C=O) groups excluding carboxylic acids is 1. The van der Waals surface area contributed by atoms with Gasteiger partial charge < -0.3 is 81.7 Å². The minimum absolute atomic E-state index is 0.0489. The highest BCUT2D eigenvalue weighted by atomic mass is 16.7. The van der Waals surface area contributed by atoms with Gasteiger partial charge >= 0.3 is 0 Å². The zero-order chi connectivity index (χ0) is 34.9. The molecular formula is C30H57N3O14. The highest BCUT2D eigenvalue weighted by Crippen LogP contribution is 2.35. The molecule has 0 radical (unpaired) electrons. The number of nitrogens with two attached hydrogens (primary N) is 3. The van der Waals surface area contributed by atoms with E-state index in [-0.39, 0.29) is 6.42 Å². The third-order valence-electron chi connectivity index (χ3n) is 9.45. The van der Waals surface area contributed by atoms with Crippen molar-refractivity contribution in [3.05, 3.63) is 0 Å². The Morgan fingerprint density at radius 1 is 0.681 bits per heavy atom. The Balaban J connectivity index is 1.66. The Morgan fingerprint density at radius 3 is 1.72 bits per heavy atom. The van der Waals surface area contributed by atoms with Crippen LogP contribution < -0.4 is 17.2 Å². The molecule has 47 heavy (non-hydrogen) atoms. The zero-order valence-electron chi connectivity index (χ0n) is 27.0. The van der Waals surface area contributed by atoms with Crippen molar-refractivity contribution < 1.29 is 69.3 Å². The number of Topliss-reactive ketones (excluding diaryl/α,β-unsaturated/α-hetero) is 1. The molecule has 17 nitrogen and oxygen atoms in total. The molecule has 0 aliphatic carbocycles. The molecule has 3 aliphatic heterocycles. The average Bonchev–Trinajstić information content (AvgIpc) is 3.07. The topological polar surface area (TPSA) is 303 Å². The summed E-state index contributed by atoms with van der Waals surface area (Å²) in [4.78, 5) is 13.4. The van der Waals surface area contributed by atoms with Crippen LogP contribution in [0.4, 0.5) is 0 Å². The number of ether oxygens (including phenoxy) is 5. The van der Waals surface area contributed by atoms with Gasteiger partial charge in [-0.05, 0) is 6.42 Å². The highest BCUT2D eigenvalue weighted by Gasteiger charge is 2.58. The predicted octanol–water partition coefficient (Wildman–Crippen LogP) is -3.81. The zero-order valence-corrected chi connectivity index (χ0v) is 27.0. The molecule has 15 atom stereocenters. The molecule has 2 unspecified atom stereocenters. The second kappa shape index (κ2) is 18.9. The van der Waals surface area contributed by atoms with Gasteiger partial charge in [-0.2, -0.15) is 0 Å². The van der Waals surface area contributed by atoms with Gasteiger partial charge in [0.05, 0.1) is 37.9 Å². The fourth-order valence-corrected chi connectivity index (χ4v) is 6.34. The lowest BCUT2D eigenvalue weighted by Crippen LogP contribution is -2.73. The largest absolute Gasteiger partial charge is 0.394 e. The summed E-state index contributed by atoms with van der Waals surface area (Å²) < 4.78 is 28.3. The van der Waals surface area contributed by atoms with E-state index in [2.05, 4.69) is 6.92 Å². The van der Waals surface area contributed by atoms with Crippen LogP contribution in [0.3, 0.4) is 0 Å². The second-order valence-corrected chi connectivity index (χ2v) is 12.9. The van der Waals surface area contributed by atoms with Crippen LogP contribution in [0.15, 0.2) is 0 Å².